The van der Waals surface area contributed by atoms with Gasteiger partial charge in [0.05, 0.1) is 5.56 Å². The molecule has 0 N–H and O–H groups in total. The number of anilines is 1. The molecule has 0 saturated carbocycles. The van der Waals surface area contributed by atoms with Crippen LogP contribution >= 0.6 is 34.2 Å². The minimum atomic E-state index is -0.0274. The van der Waals surface area contributed by atoms with Gasteiger partial charge < -0.3 is 4.90 Å². The standard InChI is InChI=1S/C17H15ClINO/c1-2-3-11-20(14-8-6-7-13(18)12-14)17(21)15-9-4-5-10-16(15)19/h2-10,12H,11H2,1H3/b3-2+. The molecule has 0 atom stereocenters. The predicted octanol–water partition coefficient (Wildman–Crippen LogP) is 5.17. The monoisotopic (exact) mass is 411 g/mol. The number of hydrogen-bond acceptors (Lipinski definition) is 1. The van der Waals surface area contributed by atoms with E-state index in [-0.39, 0.29) is 5.91 Å². The van der Waals surface area contributed by atoms with E-state index in [1.54, 1.807) is 17.0 Å². The second-order valence-corrected chi connectivity index (χ2v) is 6.04. The predicted molar refractivity (Wildman–Crippen MR) is 97.1 cm³/mol. The van der Waals surface area contributed by atoms with E-state index in [0.29, 0.717) is 17.1 Å². The summed E-state index contributed by atoms with van der Waals surface area (Å²) >= 11 is 8.23. The van der Waals surface area contributed by atoms with Crippen molar-refractivity contribution in [1.82, 2.24) is 0 Å². The molecule has 1 amide bonds. The molecule has 2 rings (SSSR count). The first-order valence-corrected chi connectivity index (χ1v) is 8.02. The fourth-order valence-corrected chi connectivity index (χ4v) is 2.74. The molecule has 0 unspecified atom stereocenters. The van der Waals surface area contributed by atoms with Gasteiger partial charge in [-0.15, -0.1) is 0 Å². The van der Waals surface area contributed by atoms with Crippen LogP contribution in [0.1, 0.15) is 17.3 Å². The third-order valence-electron chi connectivity index (χ3n) is 2.99. The van der Waals surface area contributed by atoms with Gasteiger partial charge in [0.2, 0.25) is 0 Å². The summed E-state index contributed by atoms with van der Waals surface area (Å²) in [5, 5.41) is 0.619. The van der Waals surface area contributed by atoms with E-state index >= 15 is 0 Å². The van der Waals surface area contributed by atoms with Gasteiger partial charge in [-0.25, -0.2) is 0 Å². The number of benzene rings is 2. The Balaban J connectivity index is 2.41. The van der Waals surface area contributed by atoms with Gasteiger partial charge in [0.25, 0.3) is 5.91 Å². The first-order chi connectivity index (χ1) is 10.1. The molecule has 0 heterocycles. The van der Waals surface area contributed by atoms with E-state index in [1.165, 1.54) is 0 Å². The Bertz CT molecular complexity index is 669. The highest BCUT2D eigenvalue weighted by molar-refractivity contribution is 14.1. The zero-order valence-electron chi connectivity index (χ0n) is 11.6. The summed E-state index contributed by atoms with van der Waals surface area (Å²) in [7, 11) is 0. The maximum atomic E-state index is 12.8. The number of carbonyl (C=O) groups is 1. The third-order valence-corrected chi connectivity index (χ3v) is 4.17. The zero-order chi connectivity index (χ0) is 15.2. The number of rotatable bonds is 4. The summed E-state index contributed by atoms with van der Waals surface area (Å²) in [5.41, 5.74) is 1.49. The summed E-state index contributed by atoms with van der Waals surface area (Å²) < 4.78 is 0.938. The molecule has 21 heavy (non-hydrogen) atoms. The molecule has 0 aromatic heterocycles. The molecule has 0 aliphatic heterocycles. The molecule has 0 aliphatic rings. The van der Waals surface area contributed by atoms with Crippen molar-refractivity contribution in [3.63, 3.8) is 0 Å². The van der Waals surface area contributed by atoms with E-state index in [4.69, 9.17) is 11.6 Å². The molecule has 0 radical (unpaired) electrons. The fraction of sp³-hybridized carbons (Fsp3) is 0.118. The Morgan fingerprint density at radius 3 is 2.67 bits per heavy atom. The van der Waals surface area contributed by atoms with Crippen LogP contribution < -0.4 is 4.90 Å². The van der Waals surface area contributed by atoms with Crippen molar-refractivity contribution in [2.45, 2.75) is 6.92 Å². The van der Waals surface area contributed by atoms with Crippen molar-refractivity contribution in [2.75, 3.05) is 11.4 Å². The van der Waals surface area contributed by atoms with Crippen LogP contribution in [0.25, 0.3) is 0 Å². The topological polar surface area (TPSA) is 20.3 Å². The van der Waals surface area contributed by atoms with Gasteiger partial charge in [0.15, 0.2) is 0 Å². The highest BCUT2D eigenvalue weighted by atomic mass is 127. The maximum Gasteiger partial charge on any atom is 0.259 e. The van der Waals surface area contributed by atoms with Crippen molar-refractivity contribution in [3.05, 3.63) is 74.8 Å². The second kappa shape index (κ2) is 7.61. The average molecular weight is 412 g/mol. The molecule has 108 valence electrons. The van der Waals surface area contributed by atoms with Gasteiger partial charge in [-0.2, -0.15) is 0 Å². The molecule has 0 spiro atoms. The number of halogens is 2. The van der Waals surface area contributed by atoms with Crippen LogP contribution in [0, 0.1) is 3.57 Å². The van der Waals surface area contributed by atoms with Gasteiger partial charge in [-0.1, -0.05) is 42.0 Å². The third kappa shape index (κ3) is 4.08. The lowest BCUT2D eigenvalue weighted by Gasteiger charge is -2.22. The summed E-state index contributed by atoms with van der Waals surface area (Å²) in [4.78, 5) is 14.6. The lowest BCUT2D eigenvalue weighted by Crippen LogP contribution is -2.31. The zero-order valence-corrected chi connectivity index (χ0v) is 14.5. The minimum Gasteiger partial charge on any atom is -0.304 e. The molecule has 2 aromatic rings. The number of hydrogen-bond donors (Lipinski definition) is 0. The Labute approximate surface area is 143 Å². The van der Waals surface area contributed by atoms with E-state index in [2.05, 4.69) is 22.6 Å². The van der Waals surface area contributed by atoms with Gasteiger partial charge in [0, 0.05) is 20.8 Å². The van der Waals surface area contributed by atoms with Crippen LogP contribution in [-0.4, -0.2) is 12.5 Å². The van der Waals surface area contributed by atoms with Crippen molar-refractivity contribution in [2.24, 2.45) is 0 Å². The molecule has 2 nitrogen and oxygen atoms in total. The highest BCUT2D eigenvalue weighted by Crippen LogP contribution is 2.23. The summed E-state index contributed by atoms with van der Waals surface area (Å²) in [6.07, 6.45) is 3.88. The number of carbonyl (C=O) groups excluding carboxylic acids is 1. The quantitative estimate of drug-likeness (QED) is 0.502. The maximum absolute atomic E-state index is 12.8. The first-order valence-electron chi connectivity index (χ1n) is 6.56. The first kappa shape index (κ1) is 16.0. The normalized spacial score (nSPS) is 10.8. The molecule has 0 saturated heterocycles. The molecule has 0 aliphatic carbocycles. The lowest BCUT2D eigenvalue weighted by molar-refractivity contribution is 0.0989. The molecule has 0 fully saturated rings. The van der Waals surface area contributed by atoms with E-state index in [1.807, 2.05) is 55.5 Å². The van der Waals surface area contributed by atoms with Crippen LogP contribution in [0.4, 0.5) is 5.69 Å². The number of allylic oxidation sites excluding steroid dienone is 1. The van der Waals surface area contributed by atoms with Crippen molar-refractivity contribution in [3.8, 4) is 0 Å². The Morgan fingerprint density at radius 2 is 2.00 bits per heavy atom. The Kier molecular flexibility index (Phi) is 5.82. The molecule has 0 bridgehead atoms. The van der Waals surface area contributed by atoms with Gasteiger partial charge in [-0.05, 0) is 59.8 Å². The summed E-state index contributed by atoms with van der Waals surface area (Å²) in [5.74, 6) is -0.0274. The number of amides is 1. The molecule has 4 heteroatoms. The summed E-state index contributed by atoms with van der Waals surface area (Å²) in [6.45, 7) is 2.45. The van der Waals surface area contributed by atoms with Gasteiger partial charge >= 0.3 is 0 Å². The highest BCUT2D eigenvalue weighted by Gasteiger charge is 2.18. The average Bonchev–Trinajstić information content (AvgIpc) is 2.48. The second-order valence-electron chi connectivity index (χ2n) is 4.44. The van der Waals surface area contributed by atoms with Crippen LogP contribution in [0.3, 0.4) is 0 Å². The molecule has 2 aromatic carbocycles. The van der Waals surface area contributed by atoms with Crippen molar-refractivity contribution >= 4 is 45.8 Å². The Hall–Kier alpha value is -1.33. The van der Waals surface area contributed by atoms with E-state index in [9.17, 15) is 4.79 Å². The van der Waals surface area contributed by atoms with Crippen molar-refractivity contribution in [1.29, 1.82) is 0 Å². The van der Waals surface area contributed by atoms with Gasteiger partial charge in [-0.3, -0.25) is 4.79 Å². The number of nitrogens with zero attached hydrogens (tertiary/aromatic N) is 1. The van der Waals surface area contributed by atoms with Gasteiger partial charge in [0.1, 0.15) is 0 Å². The lowest BCUT2D eigenvalue weighted by atomic mass is 10.1. The fourth-order valence-electron chi connectivity index (χ4n) is 1.94. The minimum absolute atomic E-state index is 0.0274. The molecular formula is C17H15ClINO. The van der Waals surface area contributed by atoms with E-state index < -0.39 is 0 Å². The summed E-state index contributed by atoms with van der Waals surface area (Å²) in [6, 6.07) is 14.9. The van der Waals surface area contributed by atoms with Crippen LogP contribution in [0.5, 0.6) is 0 Å². The Morgan fingerprint density at radius 1 is 1.24 bits per heavy atom. The largest absolute Gasteiger partial charge is 0.304 e. The molecular weight excluding hydrogens is 397 g/mol. The smallest absolute Gasteiger partial charge is 0.259 e. The SMILES string of the molecule is C/C=C/CN(C(=O)c1ccccc1I)c1cccc(Cl)c1. The van der Waals surface area contributed by atoms with Crippen LogP contribution in [0.15, 0.2) is 60.7 Å². The van der Waals surface area contributed by atoms with Crippen LogP contribution in [-0.2, 0) is 0 Å². The van der Waals surface area contributed by atoms with Crippen LogP contribution in [0.2, 0.25) is 5.02 Å². The van der Waals surface area contributed by atoms with E-state index in [0.717, 1.165) is 9.26 Å². The van der Waals surface area contributed by atoms with Crippen molar-refractivity contribution < 1.29 is 4.79 Å².